The van der Waals surface area contributed by atoms with Gasteiger partial charge < -0.3 is 0 Å². The standard InChI is InChI=1S/C12H25F/c1-9(2)11(4)10(3)7-8-12(5,6)13/h9-11H,7-8H2,1-6H3. The predicted molar refractivity (Wildman–Crippen MR) is 57.6 cm³/mol. The molecule has 13 heavy (non-hydrogen) atoms. The minimum absolute atomic E-state index is 0.634. The molecule has 0 rings (SSSR count). The van der Waals surface area contributed by atoms with Gasteiger partial charge in [-0.3, -0.25) is 0 Å². The van der Waals surface area contributed by atoms with Crippen LogP contribution in [0.1, 0.15) is 54.4 Å². The molecular formula is C12H25F. The van der Waals surface area contributed by atoms with E-state index in [1.165, 1.54) is 0 Å². The molecule has 0 aliphatic heterocycles. The van der Waals surface area contributed by atoms with Crippen molar-refractivity contribution >= 4 is 0 Å². The van der Waals surface area contributed by atoms with Gasteiger partial charge in [-0.25, -0.2) is 4.39 Å². The Balaban J connectivity index is 3.81. The third kappa shape index (κ3) is 6.06. The van der Waals surface area contributed by atoms with Crippen molar-refractivity contribution < 1.29 is 4.39 Å². The SMILES string of the molecule is CC(C)C(C)C(C)CCC(C)(C)F. The quantitative estimate of drug-likeness (QED) is 0.598. The molecule has 2 atom stereocenters. The molecule has 0 aromatic carbocycles. The molecule has 0 nitrogen and oxygen atoms in total. The number of alkyl halides is 1. The molecule has 0 heterocycles. The molecule has 80 valence electrons. The van der Waals surface area contributed by atoms with Gasteiger partial charge in [-0.15, -0.1) is 0 Å². The Kier molecular flexibility index (Phi) is 4.95. The summed E-state index contributed by atoms with van der Waals surface area (Å²) in [7, 11) is 0. The Labute approximate surface area is 82.9 Å². The van der Waals surface area contributed by atoms with Crippen molar-refractivity contribution in [2.75, 3.05) is 0 Å². The highest BCUT2D eigenvalue weighted by atomic mass is 19.1. The second kappa shape index (κ2) is 4.97. The van der Waals surface area contributed by atoms with Crippen molar-refractivity contribution in [3.63, 3.8) is 0 Å². The molecule has 0 amide bonds. The lowest BCUT2D eigenvalue weighted by atomic mass is 9.82. The Morgan fingerprint density at radius 2 is 1.54 bits per heavy atom. The summed E-state index contributed by atoms with van der Waals surface area (Å²) in [5.74, 6) is 2.04. The molecule has 2 unspecified atom stereocenters. The van der Waals surface area contributed by atoms with Gasteiger partial charge in [0.15, 0.2) is 0 Å². The molecule has 0 saturated heterocycles. The summed E-state index contributed by atoms with van der Waals surface area (Å²) >= 11 is 0. The first kappa shape index (κ1) is 12.9. The van der Waals surface area contributed by atoms with Crippen LogP contribution in [0.4, 0.5) is 4.39 Å². The third-order valence-corrected chi connectivity index (χ3v) is 3.14. The van der Waals surface area contributed by atoms with E-state index in [1.54, 1.807) is 13.8 Å². The van der Waals surface area contributed by atoms with Crippen molar-refractivity contribution in [3.8, 4) is 0 Å². The van der Waals surface area contributed by atoms with Crippen LogP contribution >= 0.6 is 0 Å². The zero-order chi connectivity index (χ0) is 10.6. The summed E-state index contributed by atoms with van der Waals surface area (Å²) in [5, 5.41) is 0. The summed E-state index contributed by atoms with van der Waals surface area (Å²) in [4.78, 5) is 0. The molecular weight excluding hydrogens is 163 g/mol. The van der Waals surface area contributed by atoms with Crippen LogP contribution in [-0.4, -0.2) is 5.67 Å². The van der Waals surface area contributed by atoms with Gasteiger partial charge in [0.25, 0.3) is 0 Å². The monoisotopic (exact) mass is 188 g/mol. The lowest BCUT2D eigenvalue weighted by molar-refractivity contribution is 0.169. The first-order valence-corrected chi connectivity index (χ1v) is 5.43. The van der Waals surface area contributed by atoms with Crippen LogP contribution in [0, 0.1) is 17.8 Å². The molecule has 0 aromatic rings. The summed E-state index contributed by atoms with van der Waals surface area (Å²) in [5.41, 5.74) is -0.995. The van der Waals surface area contributed by atoms with Crippen molar-refractivity contribution in [1.29, 1.82) is 0 Å². The van der Waals surface area contributed by atoms with Crippen LogP contribution in [0.15, 0.2) is 0 Å². The molecule has 0 aliphatic rings. The second-order valence-corrected chi connectivity index (χ2v) is 5.34. The van der Waals surface area contributed by atoms with Crippen LogP contribution in [0.2, 0.25) is 0 Å². The number of hydrogen-bond donors (Lipinski definition) is 0. The van der Waals surface area contributed by atoms with Crippen LogP contribution in [0.3, 0.4) is 0 Å². The maximum absolute atomic E-state index is 13.2. The van der Waals surface area contributed by atoms with Gasteiger partial charge in [0, 0.05) is 0 Å². The molecule has 0 aromatic heterocycles. The summed E-state index contributed by atoms with van der Waals surface area (Å²) in [6.45, 7) is 12.3. The zero-order valence-corrected chi connectivity index (χ0v) is 10.0. The van der Waals surface area contributed by atoms with Crippen molar-refractivity contribution in [2.45, 2.75) is 60.1 Å². The van der Waals surface area contributed by atoms with Crippen LogP contribution in [-0.2, 0) is 0 Å². The van der Waals surface area contributed by atoms with E-state index in [4.69, 9.17) is 0 Å². The molecule has 0 aliphatic carbocycles. The van der Waals surface area contributed by atoms with E-state index in [2.05, 4.69) is 27.7 Å². The van der Waals surface area contributed by atoms with E-state index < -0.39 is 5.67 Å². The summed E-state index contributed by atoms with van der Waals surface area (Å²) in [6.07, 6.45) is 1.69. The maximum Gasteiger partial charge on any atom is 0.105 e. The number of halogens is 1. The van der Waals surface area contributed by atoms with E-state index in [1.807, 2.05) is 0 Å². The minimum atomic E-state index is -0.995. The van der Waals surface area contributed by atoms with Gasteiger partial charge >= 0.3 is 0 Å². The average Bonchev–Trinajstić information content (AvgIpc) is 1.97. The van der Waals surface area contributed by atoms with Crippen LogP contribution in [0.5, 0.6) is 0 Å². The van der Waals surface area contributed by atoms with Crippen LogP contribution < -0.4 is 0 Å². The lowest BCUT2D eigenvalue weighted by Crippen LogP contribution is -2.19. The summed E-state index contributed by atoms with van der Waals surface area (Å²) in [6, 6.07) is 0. The smallest absolute Gasteiger partial charge is 0.105 e. The highest BCUT2D eigenvalue weighted by molar-refractivity contribution is 4.71. The van der Waals surface area contributed by atoms with Gasteiger partial charge in [-0.1, -0.05) is 27.7 Å². The van der Waals surface area contributed by atoms with Gasteiger partial charge in [-0.2, -0.15) is 0 Å². The highest BCUT2D eigenvalue weighted by Gasteiger charge is 2.20. The first-order valence-electron chi connectivity index (χ1n) is 5.43. The molecule has 0 fully saturated rings. The van der Waals surface area contributed by atoms with Gasteiger partial charge in [-0.05, 0) is 44.4 Å². The Morgan fingerprint density at radius 3 is 1.85 bits per heavy atom. The average molecular weight is 188 g/mol. The van der Waals surface area contributed by atoms with Gasteiger partial charge in [0.2, 0.25) is 0 Å². The fourth-order valence-electron chi connectivity index (χ4n) is 1.49. The fourth-order valence-corrected chi connectivity index (χ4v) is 1.49. The van der Waals surface area contributed by atoms with E-state index in [0.29, 0.717) is 24.2 Å². The van der Waals surface area contributed by atoms with Gasteiger partial charge in [0.1, 0.15) is 5.67 Å². The minimum Gasteiger partial charge on any atom is -0.245 e. The maximum atomic E-state index is 13.2. The van der Waals surface area contributed by atoms with Crippen molar-refractivity contribution in [2.24, 2.45) is 17.8 Å². The Morgan fingerprint density at radius 1 is 1.08 bits per heavy atom. The van der Waals surface area contributed by atoms with E-state index in [0.717, 1.165) is 6.42 Å². The van der Waals surface area contributed by atoms with E-state index in [9.17, 15) is 4.39 Å². The molecule has 1 heteroatoms. The lowest BCUT2D eigenvalue weighted by Gasteiger charge is -2.25. The Bertz CT molecular complexity index is 133. The van der Waals surface area contributed by atoms with E-state index >= 15 is 0 Å². The van der Waals surface area contributed by atoms with Crippen molar-refractivity contribution in [3.05, 3.63) is 0 Å². The largest absolute Gasteiger partial charge is 0.245 e. The summed E-state index contributed by atoms with van der Waals surface area (Å²) < 4.78 is 13.2. The molecule has 0 saturated carbocycles. The predicted octanol–water partition coefficient (Wildman–Crippen LogP) is 4.44. The second-order valence-electron chi connectivity index (χ2n) is 5.34. The Hall–Kier alpha value is -0.0700. The molecule has 0 radical (unpaired) electrons. The number of rotatable bonds is 5. The van der Waals surface area contributed by atoms with Crippen molar-refractivity contribution in [1.82, 2.24) is 0 Å². The third-order valence-electron chi connectivity index (χ3n) is 3.14. The first-order chi connectivity index (χ1) is 5.74. The zero-order valence-electron chi connectivity index (χ0n) is 10.0. The highest BCUT2D eigenvalue weighted by Crippen LogP contribution is 2.27. The van der Waals surface area contributed by atoms with Crippen LogP contribution in [0.25, 0.3) is 0 Å². The molecule has 0 spiro atoms. The fraction of sp³-hybridized carbons (Fsp3) is 1.00. The molecule has 0 N–H and O–H groups in total. The normalized spacial score (nSPS) is 17.5. The van der Waals surface area contributed by atoms with Gasteiger partial charge in [0.05, 0.1) is 0 Å². The van der Waals surface area contributed by atoms with E-state index in [-0.39, 0.29) is 0 Å². The number of hydrogen-bond acceptors (Lipinski definition) is 0. The topological polar surface area (TPSA) is 0 Å². The molecule has 0 bridgehead atoms.